The van der Waals surface area contributed by atoms with Crippen LogP contribution in [0.5, 0.6) is 0 Å². The Morgan fingerprint density at radius 3 is 2.72 bits per heavy atom. The molecule has 7 heteroatoms. The molecule has 4 N–H and O–H groups in total. The Morgan fingerprint density at radius 1 is 1.50 bits per heavy atom. The van der Waals surface area contributed by atoms with Crippen LogP contribution in [0.4, 0.5) is 0 Å². The molecule has 1 rings (SSSR count). The van der Waals surface area contributed by atoms with Crippen LogP contribution in [0.15, 0.2) is 23.4 Å². The van der Waals surface area contributed by atoms with Crippen LogP contribution in [0, 0.1) is 0 Å². The van der Waals surface area contributed by atoms with E-state index in [4.69, 9.17) is 23.2 Å². The molecule has 1 aromatic rings. The molecule has 1 unspecified atom stereocenters. The molecule has 0 aliphatic rings. The van der Waals surface area contributed by atoms with E-state index in [0.29, 0.717) is 5.15 Å². The third-order valence-electron chi connectivity index (χ3n) is 2.50. The van der Waals surface area contributed by atoms with Crippen molar-refractivity contribution in [3.63, 3.8) is 0 Å². The number of rotatable bonds is 6. The molecule has 100 valence electrons. The van der Waals surface area contributed by atoms with Crippen LogP contribution in [-0.4, -0.2) is 42.0 Å². The zero-order chi connectivity index (χ0) is 13.5. The molecule has 0 spiro atoms. The first kappa shape index (κ1) is 14.7. The summed E-state index contributed by atoms with van der Waals surface area (Å²) in [6, 6.07) is 3.54. The summed E-state index contributed by atoms with van der Waals surface area (Å²) in [5, 5.41) is 5.68. The second kappa shape index (κ2) is 7.15. The number of hydrazone groups is 1. The van der Waals surface area contributed by atoms with Crippen LogP contribution < -0.4 is 11.6 Å². The second-order valence-corrected chi connectivity index (χ2v) is 4.55. The highest BCUT2D eigenvalue weighted by molar-refractivity contribution is 6.29. The van der Waals surface area contributed by atoms with E-state index in [1.165, 1.54) is 11.5 Å². The van der Waals surface area contributed by atoms with Crippen molar-refractivity contribution in [3.8, 4) is 0 Å². The molecule has 0 fully saturated rings. The zero-order valence-electron chi connectivity index (χ0n) is 10.6. The SMILES string of the molecule is CN(C)CCC(c1ccc(Cl)nc1)N(N)/N=C\N. The quantitative estimate of drug-likeness (QED) is 0.263. The van der Waals surface area contributed by atoms with Gasteiger partial charge in [-0.2, -0.15) is 5.10 Å². The van der Waals surface area contributed by atoms with Crippen molar-refractivity contribution >= 4 is 17.9 Å². The maximum Gasteiger partial charge on any atom is 0.129 e. The van der Waals surface area contributed by atoms with Crippen LogP contribution in [0.3, 0.4) is 0 Å². The lowest BCUT2D eigenvalue weighted by Crippen LogP contribution is -2.33. The molecule has 1 heterocycles. The fourth-order valence-electron chi connectivity index (χ4n) is 1.57. The second-order valence-electron chi connectivity index (χ2n) is 4.17. The summed E-state index contributed by atoms with van der Waals surface area (Å²) >= 11 is 5.77. The van der Waals surface area contributed by atoms with Gasteiger partial charge in [-0.25, -0.2) is 15.9 Å². The topological polar surface area (TPSA) is 83.8 Å². The van der Waals surface area contributed by atoms with Gasteiger partial charge in [0.25, 0.3) is 0 Å². The van der Waals surface area contributed by atoms with Gasteiger partial charge in [-0.1, -0.05) is 17.7 Å². The molecule has 0 amide bonds. The van der Waals surface area contributed by atoms with Gasteiger partial charge >= 0.3 is 0 Å². The Morgan fingerprint density at radius 2 is 2.22 bits per heavy atom. The molecule has 18 heavy (non-hydrogen) atoms. The number of hydrazine groups is 1. The lowest BCUT2D eigenvalue weighted by molar-refractivity contribution is 0.187. The highest BCUT2D eigenvalue weighted by atomic mass is 35.5. The Kier molecular flexibility index (Phi) is 5.84. The van der Waals surface area contributed by atoms with Gasteiger partial charge in [0.1, 0.15) is 11.5 Å². The van der Waals surface area contributed by atoms with Gasteiger partial charge in [0, 0.05) is 6.20 Å². The smallest absolute Gasteiger partial charge is 0.129 e. The monoisotopic (exact) mass is 270 g/mol. The van der Waals surface area contributed by atoms with Crippen molar-refractivity contribution < 1.29 is 0 Å². The first-order chi connectivity index (χ1) is 8.54. The summed E-state index contributed by atoms with van der Waals surface area (Å²) in [4.78, 5) is 6.14. The number of halogens is 1. The first-order valence-electron chi connectivity index (χ1n) is 5.59. The van der Waals surface area contributed by atoms with Crippen molar-refractivity contribution in [2.75, 3.05) is 20.6 Å². The first-order valence-corrected chi connectivity index (χ1v) is 5.96. The van der Waals surface area contributed by atoms with Crippen molar-refractivity contribution in [3.05, 3.63) is 29.0 Å². The summed E-state index contributed by atoms with van der Waals surface area (Å²) in [5.41, 5.74) is 6.22. The minimum absolute atomic E-state index is 0.0861. The molecule has 0 aliphatic carbocycles. The number of nitrogens with two attached hydrogens (primary N) is 2. The normalized spacial score (nSPS) is 13.2. The zero-order valence-corrected chi connectivity index (χ0v) is 11.4. The van der Waals surface area contributed by atoms with Gasteiger partial charge in [-0.05, 0) is 38.7 Å². The van der Waals surface area contributed by atoms with Crippen LogP contribution in [0.1, 0.15) is 18.0 Å². The molecule has 0 bridgehead atoms. The van der Waals surface area contributed by atoms with E-state index >= 15 is 0 Å². The minimum atomic E-state index is -0.0861. The van der Waals surface area contributed by atoms with Crippen LogP contribution in [0.2, 0.25) is 5.15 Å². The van der Waals surface area contributed by atoms with Crippen LogP contribution in [-0.2, 0) is 0 Å². The molecule has 0 saturated heterocycles. The number of nitrogens with zero attached hydrogens (tertiary/aromatic N) is 4. The van der Waals surface area contributed by atoms with E-state index in [0.717, 1.165) is 18.5 Å². The largest absolute Gasteiger partial charge is 0.388 e. The Balaban J connectivity index is 2.85. The van der Waals surface area contributed by atoms with E-state index in [1.807, 2.05) is 20.2 Å². The van der Waals surface area contributed by atoms with Gasteiger partial charge in [0.05, 0.1) is 6.04 Å². The maximum absolute atomic E-state index is 5.86. The molecule has 0 radical (unpaired) electrons. The van der Waals surface area contributed by atoms with E-state index in [9.17, 15) is 0 Å². The van der Waals surface area contributed by atoms with Crippen molar-refractivity contribution in [2.45, 2.75) is 12.5 Å². The minimum Gasteiger partial charge on any atom is -0.388 e. The Labute approximate surface area is 112 Å². The van der Waals surface area contributed by atoms with Gasteiger partial charge in [0.15, 0.2) is 0 Å². The molecule has 1 atom stereocenters. The fourth-order valence-corrected chi connectivity index (χ4v) is 1.69. The molecule has 1 aromatic heterocycles. The number of hydrogen-bond acceptors (Lipinski definition) is 5. The number of aromatic nitrogens is 1. The van der Waals surface area contributed by atoms with E-state index in [-0.39, 0.29) is 6.04 Å². The lowest BCUT2D eigenvalue weighted by atomic mass is 10.1. The predicted molar refractivity (Wildman–Crippen MR) is 73.9 cm³/mol. The highest BCUT2D eigenvalue weighted by Crippen LogP contribution is 2.22. The van der Waals surface area contributed by atoms with Crippen molar-refractivity contribution in [1.29, 1.82) is 0 Å². The Hall–Kier alpha value is -1.37. The molecular formula is C11H19ClN6. The van der Waals surface area contributed by atoms with Gasteiger partial charge in [-0.15, -0.1) is 0 Å². The van der Waals surface area contributed by atoms with Gasteiger partial charge in [-0.3, -0.25) is 0 Å². The third kappa shape index (κ3) is 4.48. The van der Waals surface area contributed by atoms with E-state index in [2.05, 4.69) is 15.0 Å². The average molecular weight is 271 g/mol. The molecule has 0 aliphatic heterocycles. The average Bonchev–Trinajstić information content (AvgIpc) is 2.31. The van der Waals surface area contributed by atoms with Crippen LogP contribution >= 0.6 is 11.6 Å². The highest BCUT2D eigenvalue weighted by Gasteiger charge is 2.17. The summed E-state index contributed by atoms with van der Waals surface area (Å²) in [5.74, 6) is 5.86. The van der Waals surface area contributed by atoms with Crippen molar-refractivity contribution in [1.82, 2.24) is 15.0 Å². The summed E-state index contributed by atoms with van der Waals surface area (Å²) in [7, 11) is 4.01. The predicted octanol–water partition coefficient (Wildman–Crippen LogP) is 0.806. The summed E-state index contributed by atoms with van der Waals surface area (Å²) in [6.45, 7) is 0.876. The van der Waals surface area contributed by atoms with Crippen molar-refractivity contribution in [2.24, 2.45) is 16.7 Å². The molecule has 0 aromatic carbocycles. The number of hydrogen-bond donors (Lipinski definition) is 2. The Bertz CT molecular complexity index is 378. The van der Waals surface area contributed by atoms with E-state index < -0.39 is 0 Å². The standard InChI is InChI=1S/C11H19ClN6/c1-17(2)6-5-10(18(14)16-8-13)9-3-4-11(12)15-7-9/h3-4,7-8,10H,5-6,14H2,1-2H3,(H2,13,16). The molecule has 0 saturated carbocycles. The third-order valence-corrected chi connectivity index (χ3v) is 2.73. The van der Waals surface area contributed by atoms with E-state index in [1.54, 1.807) is 12.3 Å². The molecular weight excluding hydrogens is 252 g/mol. The lowest BCUT2D eigenvalue weighted by Gasteiger charge is -2.26. The number of pyridine rings is 1. The summed E-state index contributed by atoms with van der Waals surface area (Å²) in [6.07, 6.45) is 3.69. The fraction of sp³-hybridized carbons (Fsp3) is 0.455. The maximum atomic E-state index is 5.86. The summed E-state index contributed by atoms with van der Waals surface area (Å²) < 4.78 is 0. The molecule has 6 nitrogen and oxygen atoms in total. The van der Waals surface area contributed by atoms with Gasteiger partial charge in [0.2, 0.25) is 0 Å². The van der Waals surface area contributed by atoms with Gasteiger partial charge < -0.3 is 10.6 Å². The van der Waals surface area contributed by atoms with Crippen LogP contribution in [0.25, 0.3) is 0 Å².